The van der Waals surface area contributed by atoms with Crippen LogP contribution >= 0.6 is 0 Å². The van der Waals surface area contributed by atoms with E-state index >= 15 is 0 Å². The molecule has 2 aromatic heterocycles. The lowest BCUT2D eigenvalue weighted by atomic mass is 10.1. The number of aromatic nitrogens is 2. The van der Waals surface area contributed by atoms with Gasteiger partial charge in [0, 0.05) is 17.6 Å². The third-order valence-electron chi connectivity index (χ3n) is 6.52. The number of nitrogens with zero attached hydrogens (tertiary/aromatic N) is 3. The van der Waals surface area contributed by atoms with Gasteiger partial charge >= 0.3 is 0 Å². The summed E-state index contributed by atoms with van der Waals surface area (Å²) in [5, 5.41) is 10.4. The maximum absolute atomic E-state index is 14.0. The molecule has 6 nitrogen and oxygen atoms in total. The Morgan fingerprint density at radius 3 is 2.56 bits per heavy atom. The van der Waals surface area contributed by atoms with E-state index in [4.69, 9.17) is 0 Å². The molecule has 9 heteroatoms. The lowest BCUT2D eigenvalue weighted by Crippen LogP contribution is -2.38. The molecule has 0 aliphatic heterocycles. The number of alkyl halides is 1. The predicted molar refractivity (Wildman–Crippen MR) is 116 cm³/mol. The Hall–Kier alpha value is -2.83. The average Bonchev–Trinajstić information content (AvgIpc) is 3.20. The molecule has 5 rings (SSSR count). The zero-order valence-electron chi connectivity index (χ0n) is 17.3. The van der Waals surface area contributed by atoms with Crippen molar-refractivity contribution in [3.8, 4) is 17.5 Å². The standard InChI is InChI=1S/C23H22F2N4O2S/c24-14-23(9-10-23)28-32(30,31)17-6-7-20(27-13-17)22-19(12-26)18-11-15(25)5-8-21(18)29(22)16-3-1-2-4-16/h5-8,11,13,16,28H,1-4,9-10,14H2. The van der Waals surface area contributed by atoms with Gasteiger partial charge in [-0.15, -0.1) is 0 Å². The summed E-state index contributed by atoms with van der Waals surface area (Å²) in [5.41, 5.74) is 1.10. The fourth-order valence-electron chi connectivity index (χ4n) is 4.63. The minimum absolute atomic E-state index is 0.0611. The second kappa shape index (κ2) is 7.64. The second-order valence-corrected chi connectivity index (χ2v) is 10.4. The van der Waals surface area contributed by atoms with Gasteiger partial charge in [-0.3, -0.25) is 4.98 Å². The molecule has 1 aromatic carbocycles. The van der Waals surface area contributed by atoms with Crippen molar-refractivity contribution >= 4 is 20.9 Å². The van der Waals surface area contributed by atoms with Crippen LogP contribution in [0, 0.1) is 17.1 Å². The first kappa shape index (κ1) is 21.0. The van der Waals surface area contributed by atoms with E-state index in [1.54, 1.807) is 12.1 Å². The number of fused-ring (bicyclic) bond motifs is 1. The first-order valence-electron chi connectivity index (χ1n) is 10.7. The van der Waals surface area contributed by atoms with Crippen LogP contribution in [0.15, 0.2) is 41.4 Å². The SMILES string of the molecule is N#Cc1c(-c2ccc(S(=O)(=O)NC3(CF)CC3)cn2)n(C2CCCC2)c2ccc(F)cc12. The summed E-state index contributed by atoms with van der Waals surface area (Å²) in [6.07, 6.45) is 6.19. The number of halogens is 2. The van der Waals surface area contributed by atoms with Gasteiger partial charge in [0.1, 0.15) is 23.5 Å². The second-order valence-electron chi connectivity index (χ2n) is 8.70. The van der Waals surface area contributed by atoms with E-state index in [0.29, 0.717) is 35.2 Å². The van der Waals surface area contributed by atoms with Crippen LogP contribution in [0.1, 0.15) is 50.1 Å². The summed E-state index contributed by atoms with van der Waals surface area (Å²) in [4.78, 5) is 4.31. The normalized spacial score (nSPS) is 18.2. The number of nitrogens with one attached hydrogen (secondary N) is 1. The Labute approximate surface area is 184 Å². The van der Waals surface area contributed by atoms with Gasteiger partial charge in [0.05, 0.1) is 28.0 Å². The summed E-state index contributed by atoms with van der Waals surface area (Å²) >= 11 is 0. The molecule has 32 heavy (non-hydrogen) atoms. The highest BCUT2D eigenvalue weighted by Crippen LogP contribution is 2.41. The molecule has 0 radical (unpaired) electrons. The van der Waals surface area contributed by atoms with Crippen molar-refractivity contribution in [1.82, 2.24) is 14.3 Å². The fourth-order valence-corrected chi connectivity index (χ4v) is 6.02. The van der Waals surface area contributed by atoms with Crippen LogP contribution in [0.2, 0.25) is 0 Å². The first-order chi connectivity index (χ1) is 15.4. The van der Waals surface area contributed by atoms with Gasteiger partial charge in [-0.2, -0.15) is 5.26 Å². The van der Waals surface area contributed by atoms with Crippen molar-refractivity contribution in [3.63, 3.8) is 0 Å². The van der Waals surface area contributed by atoms with Crippen molar-refractivity contribution in [2.45, 2.75) is 55.0 Å². The molecule has 3 aromatic rings. The van der Waals surface area contributed by atoms with E-state index in [9.17, 15) is 22.5 Å². The van der Waals surface area contributed by atoms with E-state index < -0.39 is 28.1 Å². The van der Waals surface area contributed by atoms with Gasteiger partial charge in [0.25, 0.3) is 0 Å². The summed E-state index contributed by atoms with van der Waals surface area (Å²) in [7, 11) is -3.91. The van der Waals surface area contributed by atoms with E-state index in [1.165, 1.54) is 24.4 Å². The number of sulfonamides is 1. The molecule has 1 N–H and O–H groups in total. The Morgan fingerprint density at radius 1 is 1.22 bits per heavy atom. The molecule has 0 unspecified atom stereocenters. The molecule has 166 valence electrons. The molecule has 0 atom stereocenters. The van der Waals surface area contributed by atoms with Crippen molar-refractivity contribution in [2.24, 2.45) is 0 Å². The lowest BCUT2D eigenvalue weighted by molar-refractivity contribution is 0.393. The molecule has 0 amide bonds. The fraction of sp³-hybridized carbons (Fsp3) is 0.391. The van der Waals surface area contributed by atoms with Gasteiger partial charge in [0.15, 0.2) is 0 Å². The molecule has 0 spiro atoms. The van der Waals surface area contributed by atoms with E-state index in [-0.39, 0.29) is 10.9 Å². The molecular weight excluding hydrogens is 434 g/mol. The molecule has 0 bridgehead atoms. The van der Waals surface area contributed by atoms with Crippen LogP contribution in [-0.2, 0) is 10.0 Å². The van der Waals surface area contributed by atoms with Crippen LogP contribution in [0.25, 0.3) is 22.3 Å². The molecular formula is C23H22F2N4O2S. The summed E-state index contributed by atoms with van der Waals surface area (Å²) in [5.74, 6) is -0.425. The maximum atomic E-state index is 14.0. The van der Waals surface area contributed by atoms with Crippen molar-refractivity contribution in [3.05, 3.63) is 47.9 Å². The smallest absolute Gasteiger partial charge is 0.242 e. The third kappa shape index (κ3) is 3.48. The molecule has 2 fully saturated rings. The maximum Gasteiger partial charge on any atom is 0.242 e. The van der Waals surface area contributed by atoms with Crippen LogP contribution < -0.4 is 4.72 Å². The molecule has 2 aliphatic rings. The highest BCUT2D eigenvalue weighted by Gasteiger charge is 2.46. The zero-order valence-corrected chi connectivity index (χ0v) is 18.1. The molecule has 2 aliphatic carbocycles. The van der Waals surface area contributed by atoms with Gasteiger partial charge in [0.2, 0.25) is 10.0 Å². The minimum atomic E-state index is -3.91. The number of hydrogen-bond donors (Lipinski definition) is 1. The predicted octanol–water partition coefficient (Wildman–Crippen LogP) is 4.61. The third-order valence-corrected chi connectivity index (χ3v) is 8.08. The van der Waals surface area contributed by atoms with Crippen LogP contribution in [0.4, 0.5) is 8.78 Å². The molecule has 2 saturated carbocycles. The largest absolute Gasteiger partial charge is 0.335 e. The van der Waals surface area contributed by atoms with E-state index in [1.807, 2.05) is 0 Å². The molecule has 2 heterocycles. The van der Waals surface area contributed by atoms with Crippen molar-refractivity contribution < 1.29 is 17.2 Å². The Morgan fingerprint density at radius 2 is 1.97 bits per heavy atom. The lowest BCUT2D eigenvalue weighted by Gasteiger charge is -2.18. The minimum Gasteiger partial charge on any atom is -0.335 e. The number of pyridine rings is 1. The monoisotopic (exact) mass is 456 g/mol. The topological polar surface area (TPSA) is 87.8 Å². The quantitative estimate of drug-likeness (QED) is 0.587. The molecule has 0 saturated heterocycles. The number of nitriles is 1. The van der Waals surface area contributed by atoms with Crippen molar-refractivity contribution in [2.75, 3.05) is 6.67 Å². The van der Waals surface area contributed by atoms with Gasteiger partial charge < -0.3 is 4.57 Å². The summed E-state index contributed by atoms with van der Waals surface area (Å²) in [6.45, 7) is -0.749. The van der Waals surface area contributed by atoms with Crippen LogP contribution in [-0.4, -0.2) is 30.2 Å². The first-order valence-corrected chi connectivity index (χ1v) is 12.2. The average molecular weight is 457 g/mol. The van der Waals surface area contributed by atoms with E-state index in [0.717, 1.165) is 31.2 Å². The number of benzene rings is 1. The highest BCUT2D eigenvalue weighted by atomic mass is 32.2. The van der Waals surface area contributed by atoms with Crippen LogP contribution in [0.5, 0.6) is 0 Å². The van der Waals surface area contributed by atoms with E-state index in [2.05, 4.69) is 20.3 Å². The zero-order chi connectivity index (χ0) is 22.5. The van der Waals surface area contributed by atoms with Crippen LogP contribution in [0.3, 0.4) is 0 Å². The summed E-state index contributed by atoms with van der Waals surface area (Å²) < 4.78 is 57.0. The Bertz CT molecular complexity index is 1330. The Balaban J connectivity index is 1.62. The van der Waals surface area contributed by atoms with Gasteiger partial charge in [-0.05, 0) is 56.0 Å². The highest BCUT2D eigenvalue weighted by molar-refractivity contribution is 7.89. The Kier molecular flexibility index (Phi) is 5.02. The number of hydrogen-bond acceptors (Lipinski definition) is 4. The summed E-state index contributed by atoms with van der Waals surface area (Å²) in [6, 6.07) is 9.75. The van der Waals surface area contributed by atoms with Crippen molar-refractivity contribution in [1.29, 1.82) is 5.26 Å². The number of rotatable bonds is 6. The van der Waals surface area contributed by atoms with Gasteiger partial charge in [-0.1, -0.05) is 12.8 Å². The van der Waals surface area contributed by atoms with Gasteiger partial charge in [-0.25, -0.2) is 21.9 Å².